The lowest BCUT2D eigenvalue weighted by Gasteiger charge is -2.10. The third kappa shape index (κ3) is 4.58. The normalized spacial score (nSPS) is 12.7. The van der Waals surface area contributed by atoms with Crippen LogP contribution >= 0.6 is 11.6 Å². The first-order valence-electron chi connectivity index (χ1n) is 2.92. The van der Waals surface area contributed by atoms with Crippen molar-refractivity contribution >= 4 is 17.6 Å². The van der Waals surface area contributed by atoms with Crippen molar-refractivity contribution < 1.29 is 14.3 Å². The van der Waals surface area contributed by atoms with Gasteiger partial charge < -0.3 is 9.47 Å². The van der Waals surface area contributed by atoms with Gasteiger partial charge in [0, 0.05) is 14.0 Å². The Labute approximate surface area is 65.3 Å². The van der Waals surface area contributed by atoms with Gasteiger partial charge in [0.05, 0.1) is 5.88 Å². The van der Waals surface area contributed by atoms with Crippen molar-refractivity contribution in [1.29, 1.82) is 0 Å². The summed E-state index contributed by atoms with van der Waals surface area (Å²) in [5, 5.41) is 0. The first kappa shape index (κ1) is 9.72. The highest BCUT2D eigenvalue weighted by molar-refractivity contribution is 6.18. The van der Waals surface area contributed by atoms with Crippen LogP contribution in [0.5, 0.6) is 0 Å². The molecule has 1 atom stereocenters. The van der Waals surface area contributed by atoms with E-state index in [1.807, 2.05) is 0 Å². The second-order valence-corrected chi connectivity index (χ2v) is 2.12. The second kappa shape index (κ2) is 5.50. The highest BCUT2D eigenvalue weighted by Gasteiger charge is 2.06. The summed E-state index contributed by atoms with van der Waals surface area (Å²) in [6.45, 7) is 1.58. The molecule has 0 heterocycles. The van der Waals surface area contributed by atoms with E-state index in [9.17, 15) is 4.79 Å². The fourth-order valence-electron chi connectivity index (χ4n) is 0.386. The molecule has 0 aliphatic carbocycles. The predicted octanol–water partition coefficient (Wildman–Crippen LogP) is 0.803. The molecule has 0 N–H and O–H groups in total. The monoisotopic (exact) mass is 166 g/mol. The van der Waals surface area contributed by atoms with E-state index in [-0.39, 0.29) is 18.7 Å². The molecule has 4 heteroatoms. The van der Waals surface area contributed by atoms with E-state index in [4.69, 9.17) is 16.3 Å². The quantitative estimate of drug-likeness (QED) is 0.458. The SMILES string of the molecule is COC(CCl)COC(C)=O. The van der Waals surface area contributed by atoms with Crippen molar-refractivity contribution in [2.75, 3.05) is 19.6 Å². The van der Waals surface area contributed by atoms with Crippen LogP contribution in [0.3, 0.4) is 0 Å². The summed E-state index contributed by atoms with van der Waals surface area (Å²) in [6.07, 6.45) is -0.189. The molecule has 0 aromatic carbocycles. The van der Waals surface area contributed by atoms with Crippen LogP contribution in [0.15, 0.2) is 0 Å². The molecule has 10 heavy (non-hydrogen) atoms. The Hall–Kier alpha value is -0.280. The first-order valence-corrected chi connectivity index (χ1v) is 3.46. The summed E-state index contributed by atoms with van der Waals surface area (Å²) in [6, 6.07) is 0. The number of rotatable bonds is 4. The lowest BCUT2D eigenvalue weighted by atomic mass is 10.4. The van der Waals surface area contributed by atoms with Crippen LogP contribution in [0.1, 0.15) is 6.92 Å². The summed E-state index contributed by atoms with van der Waals surface area (Å²) in [5.74, 6) is 0.0243. The van der Waals surface area contributed by atoms with Gasteiger partial charge in [0.15, 0.2) is 0 Å². The lowest BCUT2D eigenvalue weighted by molar-refractivity contribution is -0.144. The van der Waals surface area contributed by atoms with Gasteiger partial charge in [0.1, 0.15) is 12.7 Å². The molecule has 0 fully saturated rings. The van der Waals surface area contributed by atoms with E-state index in [1.165, 1.54) is 14.0 Å². The molecule has 0 aliphatic rings. The standard InChI is InChI=1S/C6H11ClO3/c1-5(8)10-4-6(3-7)9-2/h6H,3-4H2,1-2H3. The topological polar surface area (TPSA) is 35.5 Å². The fraction of sp³-hybridized carbons (Fsp3) is 0.833. The molecule has 60 valence electrons. The van der Waals surface area contributed by atoms with E-state index in [1.54, 1.807) is 0 Å². The van der Waals surface area contributed by atoms with Crippen LogP contribution in [0.2, 0.25) is 0 Å². The van der Waals surface area contributed by atoms with Gasteiger partial charge in [0.25, 0.3) is 0 Å². The molecule has 0 saturated carbocycles. The molecule has 0 aromatic heterocycles. The predicted molar refractivity (Wildman–Crippen MR) is 38.1 cm³/mol. The molecular formula is C6H11ClO3. The smallest absolute Gasteiger partial charge is 0.302 e. The van der Waals surface area contributed by atoms with Crippen LogP contribution < -0.4 is 0 Å². The number of carbonyl (C=O) groups is 1. The zero-order valence-corrected chi connectivity index (χ0v) is 6.85. The van der Waals surface area contributed by atoms with E-state index in [2.05, 4.69) is 4.74 Å². The maximum atomic E-state index is 10.3. The number of carbonyl (C=O) groups excluding carboxylic acids is 1. The third-order valence-electron chi connectivity index (χ3n) is 0.978. The highest BCUT2D eigenvalue weighted by atomic mass is 35.5. The Morgan fingerprint density at radius 2 is 2.30 bits per heavy atom. The Balaban J connectivity index is 3.34. The van der Waals surface area contributed by atoms with Gasteiger partial charge in [-0.3, -0.25) is 4.79 Å². The summed E-state index contributed by atoms with van der Waals surface area (Å²) < 4.78 is 9.48. The largest absolute Gasteiger partial charge is 0.463 e. The van der Waals surface area contributed by atoms with Gasteiger partial charge >= 0.3 is 5.97 Å². The van der Waals surface area contributed by atoms with E-state index < -0.39 is 0 Å². The van der Waals surface area contributed by atoms with Crippen molar-refractivity contribution in [2.45, 2.75) is 13.0 Å². The molecule has 0 amide bonds. The zero-order valence-electron chi connectivity index (χ0n) is 6.09. The van der Waals surface area contributed by atoms with E-state index in [0.717, 1.165) is 0 Å². The Bertz CT molecular complexity index is 101. The summed E-state index contributed by atoms with van der Waals surface area (Å²) in [4.78, 5) is 10.3. The maximum Gasteiger partial charge on any atom is 0.302 e. The van der Waals surface area contributed by atoms with Crippen LogP contribution in [0.4, 0.5) is 0 Å². The molecule has 0 bridgehead atoms. The van der Waals surface area contributed by atoms with Crippen molar-refractivity contribution in [3.05, 3.63) is 0 Å². The molecule has 0 aliphatic heterocycles. The van der Waals surface area contributed by atoms with E-state index in [0.29, 0.717) is 5.88 Å². The molecule has 0 rings (SSSR count). The van der Waals surface area contributed by atoms with Crippen LogP contribution in [-0.4, -0.2) is 31.7 Å². The molecule has 0 saturated heterocycles. The maximum absolute atomic E-state index is 10.3. The first-order chi connectivity index (χ1) is 4.70. The van der Waals surface area contributed by atoms with Crippen molar-refractivity contribution in [1.82, 2.24) is 0 Å². The Kier molecular flexibility index (Phi) is 5.35. The molecule has 3 nitrogen and oxygen atoms in total. The lowest BCUT2D eigenvalue weighted by Crippen LogP contribution is -2.21. The van der Waals surface area contributed by atoms with Gasteiger partial charge in [-0.25, -0.2) is 0 Å². The number of hydrogen-bond donors (Lipinski definition) is 0. The minimum Gasteiger partial charge on any atom is -0.463 e. The number of esters is 1. The second-order valence-electron chi connectivity index (χ2n) is 1.81. The molecule has 0 aromatic rings. The van der Waals surface area contributed by atoms with Crippen molar-refractivity contribution in [3.63, 3.8) is 0 Å². The number of alkyl halides is 1. The van der Waals surface area contributed by atoms with Crippen molar-refractivity contribution in [3.8, 4) is 0 Å². The van der Waals surface area contributed by atoms with Crippen molar-refractivity contribution in [2.24, 2.45) is 0 Å². The van der Waals surface area contributed by atoms with Crippen LogP contribution in [0.25, 0.3) is 0 Å². The van der Waals surface area contributed by atoms with Gasteiger partial charge in [0.2, 0.25) is 0 Å². The van der Waals surface area contributed by atoms with Crippen LogP contribution in [-0.2, 0) is 14.3 Å². The van der Waals surface area contributed by atoms with Gasteiger partial charge in [-0.15, -0.1) is 11.6 Å². The van der Waals surface area contributed by atoms with Crippen LogP contribution in [0, 0.1) is 0 Å². The fourth-order valence-corrected chi connectivity index (χ4v) is 0.601. The molecule has 0 spiro atoms. The minimum atomic E-state index is -0.313. The zero-order chi connectivity index (χ0) is 7.98. The average molecular weight is 167 g/mol. The Morgan fingerprint density at radius 1 is 1.70 bits per heavy atom. The number of hydrogen-bond acceptors (Lipinski definition) is 3. The molecular weight excluding hydrogens is 156 g/mol. The Morgan fingerprint density at radius 3 is 2.60 bits per heavy atom. The highest BCUT2D eigenvalue weighted by Crippen LogP contribution is 1.94. The van der Waals surface area contributed by atoms with Gasteiger partial charge in [-0.1, -0.05) is 0 Å². The summed E-state index contributed by atoms with van der Waals surface area (Å²) in [5.41, 5.74) is 0. The third-order valence-corrected chi connectivity index (χ3v) is 1.32. The number of ether oxygens (including phenoxy) is 2. The molecule has 1 unspecified atom stereocenters. The average Bonchev–Trinajstić information content (AvgIpc) is 1.90. The summed E-state index contributed by atoms with van der Waals surface area (Å²) >= 11 is 5.43. The number of halogens is 1. The van der Waals surface area contributed by atoms with Gasteiger partial charge in [-0.2, -0.15) is 0 Å². The minimum absolute atomic E-state index is 0.189. The van der Waals surface area contributed by atoms with Gasteiger partial charge in [-0.05, 0) is 0 Å². The van der Waals surface area contributed by atoms with E-state index >= 15 is 0 Å². The summed E-state index contributed by atoms with van der Waals surface area (Å²) in [7, 11) is 1.52. The molecule has 0 radical (unpaired) electrons. The number of methoxy groups -OCH3 is 1.